The van der Waals surface area contributed by atoms with Crippen molar-refractivity contribution >= 4 is 34.9 Å². The van der Waals surface area contributed by atoms with Gasteiger partial charge in [-0.2, -0.15) is 5.10 Å². The molecule has 0 atom stereocenters. The molecule has 1 N–H and O–H groups in total. The molecule has 4 aromatic rings. The molecule has 0 fully saturated rings. The summed E-state index contributed by atoms with van der Waals surface area (Å²) >= 11 is 12.3. The Kier molecular flexibility index (Phi) is 6.90. The average Bonchev–Trinajstić information content (AvgIpc) is 3.33. The SMILES string of the molecule is Cc1ccc(C)c(OCc2c(C(=O)Nc3nn(Cc4c(F)cccc4Cl)cc3Cl)noc2C)c1. The highest BCUT2D eigenvalue weighted by Gasteiger charge is 2.23. The fourth-order valence-electron chi connectivity index (χ4n) is 3.33. The zero-order chi connectivity index (χ0) is 24.4. The van der Waals surface area contributed by atoms with Crippen LogP contribution in [0, 0.1) is 26.6 Å². The highest BCUT2D eigenvalue weighted by Crippen LogP contribution is 2.26. The number of ether oxygens (including phenoxy) is 1. The van der Waals surface area contributed by atoms with Crippen molar-refractivity contribution in [1.82, 2.24) is 14.9 Å². The molecule has 2 aromatic carbocycles. The Morgan fingerprint density at radius 1 is 1.15 bits per heavy atom. The number of hydrogen-bond acceptors (Lipinski definition) is 5. The van der Waals surface area contributed by atoms with Gasteiger partial charge in [-0.15, -0.1) is 0 Å². The number of hydrogen-bond donors (Lipinski definition) is 1. The van der Waals surface area contributed by atoms with Crippen molar-refractivity contribution in [2.24, 2.45) is 0 Å². The number of rotatable bonds is 7. The van der Waals surface area contributed by atoms with Gasteiger partial charge in [0.1, 0.15) is 29.0 Å². The zero-order valence-corrected chi connectivity index (χ0v) is 20.2. The lowest BCUT2D eigenvalue weighted by atomic mass is 10.1. The summed E-state index contributed by atoms with van der Waals surface area (Å²) in [6.07, 6.45) is 1.47. The van der Waals surface area contributed by atoms with E-state index < -0.39 is 11.7 Å². The van der Waals surface area contributed by atoms with Gasteiger partial charge in [0.25, 0.3) is 5.91 Å². The second-order valence-electron chi connectivity index (χ2n) is 7.80. The van der Waals surface area contributed by atoms with Gasteiger partial charge in [-0.3, -0.25) is 9.48 Å². The second kappa shape index (κ2) is 9.87. The maximum atomic E-state index is 14.1. The summed E-state index contributed by atoms with van der Waals surface area (Å²) in [6, 6.07) is 10.3. The molecule has 0 aliphatic heterocycles. The Bertz CT molecular complexity index is 1350. The maximum Gasteiger partial charge on any atom is 0.279 e. The fraction of sp³-hybridized carbons (Fsp3) is 0.208. The van der Waals surface area contributed by atoms with Gasteiger partial charge < -0.3 is 14.6 Å². The first-order valence-corrected chi connectivity index (χ1v) is 11.1. The van der Waals surface area contributed by atoms with Crippen LogP contribution in [0.5, 0.6) is 5.75 Å². The van der Waals surface area contributed by atoms with E-state index in [0.29, 0.717) is 17.1 Å². The van der Waals surface area contributed by atoms with Crippen molar-refractivity contribution in [2.75, 3.05) is 5.32 Å². The number of benzene rings is 2. The number of halogens is 3. The Hall–Kier alpha value is -3.36. The van der Waals surface area contributed by atoms with E-state index in [4.69, 9.17) is 32.5 Å². The van der Waals surface area contributed by atoms with Crippen LogP contribution in [0.2, 0.25) is 10.0 Å². The van der Waals surface area contributed by atoms with E-state index in [1.54, 1.807) is 13.0 Å². The average molecular weight is 503 g/mol. The molecule has 7 nitrogen and oxygen atoms in total. The lowest BCUT2D eigenvalue weighted by Gasteiger charge is -2.10. The quantitative estimate of drug-likeness (QED) is 0.329. The third-order valence-electron chi connectivity index (χ3n) is 5.25. The Morgan fingerprint density at radius 3 is 2.71 bits per heavy atom. The minimum atomic E-state index is -0.563. The lowest BCUT2D eigenvalue weighted by Crippen LogP contribution is -2.16. The summed E-state index contributed by atoms with van der Waals surface area (Å²) in [5.74, 6) is 0.242. The molecule has 176 valence electrons. The van der Waals surface area contributed by atoms with Crippen LogP contribution in [0.4, 0.5) is 10.2 Å². The minimum absolute atomic E-state index is 0.0408. The van der Waals surface area contributed by atoms with Crippen LogP contribution < -0.4 is 10.1 Å². The van der Waals surface area contributed by atoms with E-state index in [-0.39, 0.29) is 40.3 Å². The smallest absolute Gasteiger partial charge is 0.279 e. The van der Waals surface area contributed by atoms with Crippen LogP contribution >= 0.6 is 23.2 Å². The van der Waals surface area contributed by atoms with Gasteiger partial charge in [-0.05, 0) is 50.1 Å². The monoisotopic (exact) mass is 502 g/mol. The summed E-state index contributed by atoms with van der Waals surface area (Å²) in [5, 5.41) is 11.2. The van der Waals surface area contributed by atoms with E-state index >= 15 is 0 Å². The Labute approximate surface area is 205 Å². The number of anilines is 1. The number of aryl methyl sites for hydroxylation is 3. The molecule has 0 spiro atoms. The number of amides is 1. The third kappa shape index (κ3) is 5.08. The van der Waals surface area contributed by atoms with Crippen LogP contribution in [-0.4, -0.2) is 20.8 Å². The van der Waals surface area contributed by atoms with Crippen molar-refractivity contribution in [3.8, 4) is 5.75 Å². The maximum absolute atomic E-state index is 14.1. The largest absolute Gasteiger partial charge is 0.488 e. The van der Waals surface area contributed by atoms with Gasteiger partial charge in [0.2, 0.25) is 0 Å². The van der Waals surface area contributed by atoms with Crippen LogP contribution in [0.15, 0.2) is 47.1 Å². The molecule has 0 saturated carbocycles. The first kappa shape index (κ1) is 23.8. The molecule has 4 rings (SSSR count). The highest BCUT2D eigenvalue weighted by atomic mass is 35.5. The van der Waals surface area contributed by atoms with Gasteiger partial charge >= 0.3 is 0 Å². The normalized spacial score (nSPS) is 11.0. The number of nitrogens with zero attached hydrogens (tertiary/aromatic N) is 3. The summed E-state index contributed by atoms with van der Waals surface area (Å²) < 4.78 is 26.7. The van der Waals surface area contributed by atoms with Gasteiger partial charge in [-0.1, -0.05) is 46.6 Å². The van der Waals surface area contributed by atoms with Crippen molar-refractivity contribution in [3.63, 3.8) is 0 Å². The first-order valence-electron chi connectivity index (χ1n) is 10.4. The van der Waals surface area contributed by atoms with Crippen molar-refractivity contribution < 1.29 is 18.4 Å². The Balaban J connectivity index is 1.50. The number of nitrogens with one attached hydrogen (secondary N) is 1. The van der Waals surface area contributed by atoms with Gasteiger partial charge in [0.05, 0.1) is 12.1 Å². The van der Waals surface area contributed by atoms with Crippen LogP contribution in [0.1, 0.15) is 38.5 Å². The van der Waals surface area contributed by atoms with E-state index in [9.17, 15) is 9.18 Å². The predicted molar refractivity (Wildman–Crippen MR) is 127 cm³/mol. The minimum Gasteiger partial charge on any atom is -0.488 e. The van der Waals surface area contributed by atoms with Crippen molar-refractivity contribution in [3.05, 3.63) is 92.2 Å². The van der Waals surface area contributed by atoms with Gasteiger partial charge in [0, 0.05) is 16.8 Å². The van der Waals surface area contributed by atoms with Crippen molar-refractivity contribution in [1.29, 1.82) is 0 Å². The topological polar surface area (TPSA) is 82.2 Å². The van der Waals surface area contributed by atoms with Crippen LogP contribution in [0.3, 0.4) is 0 Å². The van der Waals surface area contributed by atoms with E-state index in [2.05, 4.69) is 15.6 Å². The molecule has 0 radical (unpaired) electrons. The molecule has 0 aliphatic carbocycles. The third-order valence-corrected chi connectivity index (χ3v) is 5.88. The number of carbonyl (C=O) groups excluding carboxylic acids is 1. The second-order valence-corrected chi connectivity index (χ2v) is 8.62. The zero-order valence-electron chi connectivity index (χ0n) is 18.7. The molecule has 34 heavy (non-hydrogen) atoms. The summed E-state index contributed by atoms with van der Waals surface area (Å²) in [6.45, 7) is 5.75. The molecule has 0 bridgehead atoms. The number of carbonyl (C=O) groups is 1. The molecule has 0 unspecified atom stereocenters. The standard InChI is InChI=1S/C24H21Cl2FN4O3/c1-13-7-8-14(2)21(9-13)33-12-17-15(3)34-30-22(17)24(32)28-23-19(26)11-31(29-23)10-16-18(25)5-4-6-20(16)27/h4-9,11H,10,12H2,1-3H3,(H,28,29,32). The summed E-state index contributed by atoms with van der Waals surface area (Å²) in [5.41, 5.74) is 2.86. The molecule has 1 amide bonds. The molecule has 2 aromatic heterocycles. The molecular formula is C24H21Cl2FN4O3. The summed E-state index contributed by atoms with van der Waals surface area (Å²) in [7, 11) is 0. The Morgan fingerprint density at radius 2 is 1.94 bits per heavy atom. The van der Waals surface area contributed by atoms with E-state index in [1.165, 1.54) is 23.0 Å². The van der Waals surface area contributed by atoms with Gasteiger partial charge in [0.15, 0.2) is 11.5 Å². The molecular weight excluding hydrogens is 482 g/mol. The van der Waals surface area contributed by atoms with Crippen LogP contribution in [-0.2, 0) is 13.2 Å². The lowest BCUT2D eigenvalue weighted by molar-refractivity contribution is 0.101. The van der Waals surface area contributed by atoms with Crippen molar-refractivity contribution in [2.45, 2.75) is 33.9 Å². The number of aromatic nitrogens is 3. The van der Waals surface area contributed by atoms with Crippen LogP contribution in [0.25, 0.3) is 0 Å². The first-order chi connectivity index (χ1) is 16.2. The van der Waals surface area contributed by atoms with E-state index in [1.807, 2.05) is 32.0 Å². The molecule has 10 heteroatoms. The molecule has 0 saturated heterocycles. The van der Waals surface area contributed by atoms with E-state index in [0.717, 1.165) is 11.1 Å². The van der Waals surface area contributed by atoms with Gasteiger partial charge in [-0.25, -0.2) is 4.39 Å². The highest BCUT2D eigenvalue weighted by molar-refractivity contribution is 6.33. The summed E-state index contributed by atoms with van der Waals surface area (Å²) in [4.78, 5) is 12.9. The predicted octanol–water partition coefficient (Wildman–Crippen LogP) is 6.12. The molecule has 2 heterocycles. The molecule has 0 aliphatic rings. The fourth-order valence-corrected chi connectivity index (χ4v) is 3.75.